The smallest absolute Gasteiger partial charge is 0.165 e. The summed E-state index contributed by atoms with van der Waals surface area (Å²) in [6, 6.07) is 3.60. The van der Waals surface area contributed by atoms with Gasteiger partial charge in [0, 0.05) is 18.1 Å². The van der Waals surface area contributed by atoms with Crippen LogP contribution in [0, 0.1) is 0 Å². The molecule has 0 fully saturated rings. The lowest BCUT2D eigenvalue weighted by atomic mass is 10.1. The van der Waals surface area contributed by atoms with E-state index in [1.54, 1.807) is 20.3 Å². The van der Waals surface area contributed by atoms with Crippen LogP contribution >= 0.6 is 0 Å². The maximum atomic E-state index is 10.6. The molecule has 4 heteroatoms. The van der Waals surface area contributed by atoms with Crippen molar-refractivity contribution >= 4 is 6.29 Å². The lowest BCUT2D eigenvalue weighted by Crippen LogP contribution is -2.13. The molecule has 1 heterocycles. The van der Waals surface area contributed by atoms with E-state index in [9.17, 15) is 4.79 Å². The number of benzene rings is 1. The Labute approximate surface area is 87.8 Å². The fourth-order valence-electron chi connectivity index (χ4n) is 1.67. The Morgan fingerprint density at radius 3 is 2.80 bits per heavy atom. The van der Waals surface area contributed by atoms with Crippen molar-refractivity contribution < 1.29 is 19.0 Å². The summed E-state index contributed by atoms with van der Waals surface area (Å²) in [4.78, 5) is 10.6. The van der Waals surface area contributed by atoms with Crippen LogP contribution in [-0.2, 0) is 11.2 Å². The first kappa shape index (κ1) is 9.83. The number of fused-ring (bicyclic) bond motifs is 1. The van der Waals surface area contributed by atoms with Gasteiger partial charge in [-0.25, -0.2) is 0 Å². The van der Waals surface area contributed by atoms with Crippen LogP contribution in [0.15, 0.2) is 12.1 Å². The van der Waals surface area contributed by atoms with Crippen LogP contribution in [0.3, 0.4) is 0 Å². The van der Waals surface area contributed by atoms with Gasteiger partial charge in [-0.1, -0.05) is 0 Å². The molecule has 0 N–H and O–H groups in total. The molecule has 80 valence electrons. The van der Waals surface area contributed by atoms with Crippen molar-refractivity contribution in [3.63, 3.8) is 0 Å². The molecule has 1 aromatic carbocycles. The molecule has 4 nitrogen and oxygen atoms in total. The molecule has 0 bridgehead atoms. The van der Waals surface area contributed by atoms with E-state index in [1.165, 1.54) is 0 Å². The van der Waals surface area contributed by atoms with Gasteiger partial charge in [-0.3, -0.25) is 4.79 Å². The predicted octanol–water partition coefficient (Wildman–Crippen LogP) is 1.21. The van der Waals surface area contributed by atoms with Crippen molar-refractivity contribution in [3.05, 3.63) is 17.7 Å². The highest BCUT2D eigenvalue weighted by molar-refractivity contribution is 5.64. The number of ether oxygens (including phenoxy) is 3. The van der Waals surface area contributed by atoms with E-state index in [4.69, 9.17) is 14.2 Å². The summed E-state index contributed by atoms with van der Waals surface area (Å²) in [5.41, 5.74) is 0.948. The van der Waals surface area contributed by atoms with Gasteiger partial charge in [0.15, 0.2) is 23.9 Å². The molecule has 1 aliphatic rings. The van der Waals surface area contributed by atoms with Gasteiger partial charge in [-0.2, -0.15) is 0 Å². The Hall–Kier alpha value is -1.71. The summed E-state index contributed by atoms with van der Waals surface area (Å²) in [6.45, 7) is 0. The summed E-state index contributed by atoms with van der Waals surface area (Å²) in [5, 5.41) is 0. The normalized spacial score (nSPS) is 17.9. The number of rotatable bonds is 3. The molecule has 0 saturated heterocycles. The minimum absolute atomic E-state index is 0.402. The SMILES string of the molecule is COc1cc2c(c(OC)c1)OC(C=O)C2. The minimum atomic E-state index is -0.402. The van der Waals surface area contributed by atoms with Crippen LogP contribution in [0.25, 0.3) is 0 Å². The Kier molecular flexibility index (Phi) is 2.49. The summed E-state index contributed by atoms with van der Waals surface area (Å²) in [5.74, 6) is 1.96. The van der Waals surface area contributed by atoms with Gasteiger partial charge in [0.2, 0.25) is 0 Å². The van der Waals surface area contributed by atoms with Crippen molar-refractivity contribution in [1.29, 1.82) is 0 Å². The molecular weight excluding hydrogens is 196 g/mol. The molecule has 0 aromatic heterocycles. The number of aldehydes is 1. The van der Waals surface area contributed by atoms with E-state index >= 15 is 0 Å². The maximum absolute atomic E-state index is 10.6. The van der Waals surface area contributed by atoms with Crippen LogP contribution in [0.1, 0.15) is 5.56 Å². The van der Waals surface area contributed by atoms with Gasteiger partial charge in [-0.15, -0.1) is 0 Å². The van der Waals surface area contributed by atoms with Gasteiger partial charge in [0.1, 0.15) is 5.75 Å². The lowest BCUT2D eigenvalue weighted by molar-refractivity contribution is -0.113. The molecular formula is C11H12O4. The first-order chi connectivity index (χ1) is 7.28. The summed E-state index contributed by atoms with van der Waals surface area (Å²) in [6.07, 6.45) is 0.971. The van der Waals surface area contributed by atoms with Crippen LogP contribution in [0.5, 0.6) is 17.2 Å². The van der Waals surface area contributed by atoms with Crippen molar-refractivity contribution in [2.24, 2.45) is 0 Å². The Morgan fingerprint density at radius 1 is 1.40 bits per heavy atom. The monoisotopic (exact) mass is 208 g/mol. The van der Waals surface area contributed by atoms with E-state index in [2.05, 4.69) is 0 Å². The topological polar surface area (TPSA) is 44.8 Å². The van der Waals surface area contributed by atoms with Crippen molar-refractivity contribution in [3.8, 4) is 17.2 Å². The zero-order valence-corrected chi connectivity index (χ0v) is 8.65. The third-order valence-electron chi connectivity index (χ3n) is 2.40. The predicted molar refractivity (Wildman–Crippen MR) is 53.7 cm³/mol. The average Bonchev–Trinajstić information content (AvgIpc) is 2.70. The highest BCUT2D eigenvalue weighted by Crippen LogP contribution is 2.40. The van der Waals surface area contributed by atoms with E-state index in [0.29, 0.717) is 23.7 Å². The summed E-state index contributed by atoms with van der Waals surface area (Å²) in [7, 11) is 3.15. The highest BCUT2D eigenvalue weighted by atomic mass is 16.5. The fraction of sp³-hybridized carbons (Fsp3) is 0.364. The average molecular weight is 208 g/mol. The van der Waals surface area contributed by atoms with Crippen LogP contribution in [-0.4, -0.2) is 26.6 Å². The third-order valence-corrected chi connectivity index (χ3v) is 2.40. The van der Waals surface area contributed by atoms with E-state index in [-0.39, 0.29) is 0 Å². The number of carbonyl (C=O) groups is 1. The first-order valence-corrected chi connectivity index (χ1v) is 4.65. The highest BCUT2D eigenvalue weighted by Gasteiger charge is 2.26. The second-order valence-corrected chi connectivity index (χ2v) is 3.31. The molecule has 0 saturated carbocycles. The van der Waals surface area contributed by atoms with Gasteiger partial charge >= 0.3 is 0 Å². The van der Waals surface area contributed by atoms with Crippen LogP contribution in [0.2, 0.25) is 0 Å². The fourth-order valence-corrected chi connectivity index (χ4v) is 1.67. The number of hydrogen-bond donors (Lipinski definition) is 0. The number of carbonyl (C=O) groups excluding carboxylic acids is 1. The van der Waals surface area contributed by atoms with Crippen molar-refractivity contribution in [2.45, 2.75) is 12.5 Å². The Morgan fingerprint density at radius 2 is 2.20 bits per heavy atom. The summed E-state index contributed by atoms with van der Waals surface area (Å²) >= 11 is 0. The molecule has 0 aliphatic carbocycles. The second kappa shape index (κ2) is 3.81. The molecule has 0 radical (unpaired) electrons. The van der Waals surface area contributed by atoms with Gasteiger partial charge in [0.05, 0.1) is 14.2 Å². The zero-order chi connectivity index (χ0) is 10.8. The van der Waals surface area contributed by atoms with E-state index in [0.717, 1.165) is 11.8 Å². The van der Waals surface area contributed by atoms with Gasteiger partial charge < -0.3 is 14.2 Å². The molecule has 1 aromatic rings. The number of methoxy groups -OCH3 is 2. The van der Waals surface area contributed by atoms with Crippen LogP contribution in [0.4, 0.5) is 0 Å². The Bertz CT molecular complexity index is 386. The molecule has 1 atom stereocenters. The van der Waals surface area contributed by atoms with Crippen LogP contribution < -0.4 is 14.2 Å². The lowest BCUT2D eigenvalue weighted by Gasteiger charge is -2.09. The first-order valence-electron chi connectivity index (χ1n) is 4.65. The molecule has 1 aliphatic heterocycles. The van der Waals surface area contributed by atoms with Gasteiger partial charge in [-0.05, 0) is 6.07 Å². The largest absolute Gasteiger partial charge is 0.497 e. The number of hydrogen-bond acceptors (Lipinski definition) is 4. The molecule has 1 unspecified atom stereocenters. The molecule has 0 amide bonds. The quantitative estimate of drug-likeness (QED) is 0.700. The standard InChI is InChI=1S/C11H12O4/c1-13-8-3-7-4-9(6-12)15-11(7)10(5-8)14-2/h3,5-6,9H,4H2,1-2H3. The van der Waals surface area contributed by atoms with Crippen molar-refractivity contribution in [2.75, 3.05) is 14.2 Å². The molecule has 2 rings (SSSR count). The van der Waals surface area contributed by atoms with Gasteiger partial charge in [0.25, 0.3) is 0 Å². The van der Waals surface area contributed by atoms with E-state index < -0.39 is 6.10 Å². The molecule has 0 spiro atoms. The summed E-state index contributed by atoms with van der Waals surface area (Å²) < 4.78 is 15.7. The zero-order valence-electron chi connectivity index (χ0n) is 8.65. The molecule has 15 heavy (non-hydrogen) atoms. The van der Waals surface area contributed by atoms with Crippen molar-refractivity contribution in [1.82, 2.24) is 0 Å². The van der Waals surface area contributed by atoms with E-state index in [1.807, 2.05) is 6.07 Å². The Balaban J connectivity index is 2.43. The second-order valence-electron chi connectivity index (χ2n) is 3.31. The maximum Gasteiger partial charge on any atom is 0.165 e. The minimum Gasteiger partial charge on any atom is -0.497 e. The third kappa shape index (κ3) is 1.63.